The molecule has 9 heteroatoms. The fraction of sp³-hybridized carbons (Fsp3) is 0.304. The predicted molar refractivity (Wildman–Crippen MR) is 131 cm³/mol. The lowest BCUT2D eigenvalue weighted by molar-refractivity contribution is 0.380. The van der Waals surface area contributed by atoms with E-state index in [1.54, 1.807) is 11.3 Å². The molecule has 32 heavy (non-hydrogen) atoms. The number of hydrogen-bond acceptors (Lipinski definition) is 8. The topological polar surface area (TPSA) is 74.5 Å². The minimum absolute atomic E-state index is 0.128. The normalized spacial score (nSPS) is 15.8. The lowest BCUT2D eigenvalue weighted by atomic mass is 10.0. The summed E-state index contributed by atoms with van der Waals surface area (Å²) in [5, 5.41) is 16.5. The minimum atomic E-state index is 0.128. The van der Waals surface area contributed by atoms with Crippen molar-refractivity contribution in [1.29, 1.82) is 0 Å². The smallest absolute Gasteiger partial charge is 0.229 e. The van der Waals surface area contributed by atoms with Crippen molar-refractivity contribution >= 4 is 45.2 Å². The molecule has 164 valence electrons. The van der Waals surface area contributed by atoms with Gasteiger partial charge in [-0.1, -0.05) is 30.3 Å². The van der Waals surface area contributed by atoms with Crippen molar-refractivity contribution in [3.63, 3.8) is 0 Å². The first kappa shape index (κ1) is 20.6. The van der Waals surface area contributed by atoms with Gasteiger partial charge in [0.1, 0.15) is 0 Å². The summed E-state index contributed by atoms with van der Waals surface area (Å²) in [5.41, 5.74) is 3.01. The summed E-state index contributed by atoms with van der Waals surface area (Å²) in [7, 11) is 4.16. The first-order valence-electron chi connectivity index (χ1n) is 10.7. The molecule has 4 heterocycles. The standard InChI is InChI=1S/C23H26N8S/c1-29(2)12-6-13-30-16-18(15-25-30)26-23-27-19-10-14-32-21(19)22(28-23)31-20(9-11-24-31)17-7-4-3-5-8-17/h3-5,7-8,10-11,14-16,20H,6,9,12-13H2,1-2H3,(H,26,27,28). The van der Waals surface area contributed by atoms with Crippen LogP contribution >= 0.6 is 11.3 Å². The van der Waals surface area contributed by atoms with Crippen LogP contribution in [0.2, 0.25) is 0 Å². The van der Waals surface area contributed by atoms with Gasteiger partial charge in [-0.25, -0.2) is 9.99 Å². The molecule has 0 bridgehead atoms. The Morgan fingerprint density at radius 1 is 1.16 bits per heavy atom. The quantitative estimate of drug-likeness (QED) is 0.429. The van der Waals surface area contributed by atoms with Crippen LogP contribution < -0.4 is 10.3 Å². The number of benzene rings is 1. The molecule has 0 saturated carbocycles. The van der Waals surface area contributed by atoms with Crippen LogP contribution in [0.5, 0.6) is 0 Å². The van der Waals surface area contributed by atoms with Crippen LogP contribution in [0.1, 0.15) is 24.4 Å². The Morgan fingerprint density at radius 2 is 2.03 bits per heavy atom. The van der Waals surface area contributed by atoms with E-state index in [-0.39, 0.29) is 6.04 Å². The molecule has 1 atom stereocenters. The Balaban J connectivity index is 1.40. The number of hydrogen-bond donors (Lipinski definition) is 1. The highest BCUT2D eigenvalue weighted by atomic mass is 32.1. The van der Waals surface area contributed by atoms with Gasteiger partial charge in [-0.2, -0.15) is 15.2 Å². The monoisotopic (exact) mass is 446 g/mol. The van der Waals surface area contributed by atoms with E-state index in [2.05, 4.69) is 58.8 Å². The van der Waals surface area contributed by atoms with Gasteiger partial charge in [-0.3, -0.25) is 4.68 Å². The summed E-state index contributed by atoms with van der Waals surface area (Å²) in [4.78, 5) is 11.8. The highest BCUT2D eigenvalue weighted by Crippen LogP contribution is 2.38. The number of anilines is 3. The maximum Gasteiger partial charge on any atom is 0.229 e. The fourth-order valence-corrected chi connectivity index (χ4v) is 4.67. The van der Waals surface area contributed by atoms with Crippen molar-refractivity contribution in [2.75, 3.05) is 31.0 Å². The maximum absolute atomic E-state index is 4.88. The Bertz CT molecular complexity index is 1210. The third-order valence-electron chi connectivity index (χ3n) is 5.40. The summed E-state index contributed by atoms with van der Waals surface area (Å²) in [5.74, 6) is 1.38. The number of rotatable bonds is 8. The van der Waals surface area contributed by atoms with Gasteiger partial charge in [-0.05, 0) is 44.1 Å². The molecule has 1 unspecified atom stereocenters. The first-order valence-corrected chi connectivity index (χ1v) is 11.6. The van der Waals surface area contributed by atoms with Crippen molar-refractivity contribution in [2.24, 2.45) is 5.10 Å². The number of thiophene rings is 1. The molecule has 0 amide bonds. The number of nitrogens with one attached hydrogen (secondary N) is 1. The zero-order valence-corrected chi connectivity index (χ0v) is 19.0. The molecular weight excluding hydrogens is 420 g/mol. The molecule has 0 radical (unpaired) electrons. The van der Waals surface area contributed by atoms with Crippen molar-refractivity contribution in [2.45, 2.75) is 25.4 Å². The molecule has 5 rings (SSSR count). The Kier molecular flexibility index (Phi) is 5.83. The average Bonchev–Trinajstić information content (AvgIpc) is 3.54. The second-order valence-electron chi connectivity index (χ2n) is 8.08. The predicted octanol–water partition coefficient (Wildman–Crippen LogP) is 4.52. The van der Waals surface area contributed by atoms with Gasteiger partial charge >= 0.3 is 0 Å². The first-order chi connectivity index (χ1) is 15.7. The van der Waals surface area contributed by atoms with E-state index in [1.165, 1.54) is 5.56 Å². The Morgan fingerprint density at radius 3 is 2.88 bits per heavy atom. The third kappa shape index (κ3) is 4.35. The zero-order valence-electron chi connectivity index (χ0n) is 18.2. The van der Waals surface area contributed by atoms with E-state index >= 15 is 0 Å². The molecule has 1 aromatic carbocycles. The van der Waals surface area contributed by atoms with E-state index < -0.39 is 0 Å². The van der Waals surface area contributed by atoms with Crippen LogP contribution in [0, 0.1) is 0 Å². The molecule has 1 N–H and O–H groups in total. The van der Waals surface area contributed by atoms with E-state index in [1.807, 2.05) is 45.8 Å². The number of aryl methyl sites for hydroxylation is 1. The van der Waals surface area contributed by atoms with E-state index in [0.29, 0.717) is 5.95 Å². The largest absolute Gasteiger partial charge is 0.321 e. The minimum Gasteiger partial charge on any atom is -0.321 e. The molecule has 0 aliphatic carbocycles. The lowest BCUT2D eigenvalue weighted by Crippen LogP contribution is -2.20. The fourth-order valence-electron chi connectivity index (χ4n) is 3.86. The Labute approximate surface area is 191 Å². The van der Waals surface area contributed by atoms with Gasteiger partial charge in [0.15, 0.2) is 5.82 Å². The van der Waals surface area contributed by atoms with Crippen LogP contribution in [-0.4, -0.2) is 51.5 Å². The van der Waals surface area contributed by atoms with Crippen molar-refractivity contribution in [1.82, 2.24) is 24.6 Å². The lowest BCUT2D eigenvalue weighted by Gasteiger charge is -2.24. The molecule has 3 aromatic heterocycles. The highest BCUT2D eigenvalue weighted by Gasteiger charge is 2.27. The molecule has 4 aromatic rings. The summed E-state index contributed by atoms with van der Waals surface area (Å²) < 4.78 is 2.99. The molecule has 8 nitrogen and oxygen atoms in total. The van der Waals surface area contributed by atoms with Gasteiger partial charge in [0.2, 0.25) is 5.95 Å². The second kappa shape index (κ2) is 9.05. The molecular formula is C23H26N8S. The Hall–Kier alpha value is -3.30. The van der Waals surface area contributed by atoms with E-state index in [0.717, 1.165) is 47.7 Å². The number of hydrazone groups is 1. The van der Waals surface area contributed by atoms with Gasteiger partial charge in [0.05, 0.1) is 28.1 Å². The van der Waals surface area contributed by atoms with Crippen LogP contribution in [0.25, 0.3) is 10.2 Å². The van der Waals surface area contributed by atoms with Crippen molar-refractivity contribution < 1.29 is 0 Å². The summed E-state index contributed by atoms with van der Waals surface area (Å²) >= 11 is 1.64. The van der Waals surface area contributed by atoms with Crippen molar-refractivity contribution in [3.8, 4) is 0 Å². The van der Waals surface area contributed by atoms with Gasteiger partial charge in [0, 0.05) is 25.4 Å². The molecule has 1 aliphatic rings. The van der Waals surface area contributed by atoms with E-state index in [9.17, 15) is 0 Å². The van der Waals surface area contributed by atoms with Crippen LogP contribution in [0.3, 0.4) is 0 Å². The van der Waals surface area contributed by atoms with Crippen LogP contribution in [0.15, 0.2) is 59.3 Å². The second-order valence-corrected chi connectivity index (χ2v) is 9.00. The van der Waals surface area contributed by atoms with Crippen LogP contribution in [0.4, 0.5) is 17.5 Å². The van der Waals surface area contributed by atoms with Gasteiger partial charge in [0.25, 0.3) is 0 Å². The highest BCUT2D eigenvalue weighted by molar-refractivity contribution is 7.17. The molecule has 0 spiro atoms. The molecule has 1 aliphatic heterocycles. The van der Waals surface area contributed by atoms with Crippen LogP contribution in [-0.2, 0) is 6.54 Å². The van der Waals surface area contributed by atoms with Gasteiger partial charge < -0.3 is 10.2 Å². The third-order valence-corrected chi connectivity index (χ3v) is 6.30. The van der Waals surface area contributed by atoms with E-state index in [4.69, 9.17) is 9.97 Å². The SMILES string of the molecule is CN(C)CCCn1cc(Nc2nc(N3N=CCC3c3ccccc3)c3sccc3n2)cn1. The van der Waals surface area contributed by atoms with Gasteiger partial charge in [-0.15, -0.1) is 11.3 Å². The number of nitrogens with zero attached hydrogens (tertiary/aromatic N) is 7. The summed E-state index contributed by atoms with van der Waals surface area (Å²) in [6.07, 6.45) is 7.67. The summed E-state index contributed by atoms with van der Waals surface area (Å²) in [6.45, 7) is 1.90. The molecule has 0 fully saturated rings. The average molecular weight is 447 g/mol. The zero-order chi connectivity index (χ0) is 21.9. The summed E-state index contributed by atoms with van der Waals surface area (Å²) in [6, 6.07) is 12.6. The maximum atomic E-state index is 4.88. The molecule has 0 saturated heterocycles. The number of aromatic nitrogens is 4. The van der Waals surface area contributed by atoms with Crippen molar-refractivity contribution in [3.05, 3.63) is 59.7 Å². The number of fused-ring (bicyclic) bond motifs is 1.